The number of nitrogens with zero attached hydrogens (tertiary/aromatic N) is 5. The van der Waals surface area contributed by atoms with Gasteiger partial charge in [-0.3, -0.25) is 5.43 Å². The van der Waals surface area contributed by atoms with E-state index < -0.39 is 0 Å². The highest BCUT2D eigenvalue weighted by molar-refractivity contribution is 6.28. The van der Waals surface area contributed by atoms with Crippen LogP contribution in [0.2, 0.25) is 5.28 Å². The fourth-order valence-corrected chi connectivity index (χ4v) is 1.19. The molecule has 8 heteroatoms. The SMILES string of the molecule is CCOC=NNc1ccc2nnc(Cl)n2n1. The van der Waals surface area contributed by atoms with Crippen molar-refractivity contribution in [3.8, 4) is 0 Å². The largest absolute Gasteiger partial charge is 0.482 e. The third-order valence-electron chi connectivity index (χ3n) is 1.70. The fraction of sp³-hybridized carbons (Fsp3) is 0.250. The summed E-state index contributed by atoms with van der Waals surface area (Å²) in [6.07, 6.45) is 1.31. The molecule has 16 heavy (non-hydrogen) atoms. The van der Waals surface area contributed by atoms with Crippen molar-refractivity contribution in [1.82, 2.24) is 19.8 Å². The summed E-state index contributed by atoms with van der Waals surface area (Å²) in [5.74, 6) is 0.519. The van der Waals surface area contributed by atoms with E-state index >= 15 is 0 Å². The molecule has 0 aliphatic heterocycles. The molecule has 0 saturated heterocycles. The highest BCUT2D eigenvalue weighted by Crippen LogP contribution is 2.09. The summed E-state index contributed by atoms with van der Waals surface area (Å²) < 4.78 is 6.31. The normalized spacial score (nSPS) is 11.1. The van der Waals surface area contributed by atoms with E-state index in [1.165, 1.54) is 10.9 Å². The lowest BCUT2D eigenvalue weighted by Gasteiger charge is -1.99. The van der Waals surface area contributed by atoms with Crippen molar-refractivity contribution in [2.45, 2.75) is 6.92 Å². The first-order valence-corrected chi connectivity index (χ1v) is 4.96. The highest BCUT2D eigenvalue weighted by Gasteiger charge is 2.03. The van der Waals surface area contributed by atoms with Gasteiger partial charge in [-0.05, 0) is 30.7 Å². The van der Waals surface area contributed by atoms with Gasteiger partial charge < -0.3 is 4.74 Å². The number of ether oxygens (including phenoxy) is 1. The van der Waals surface area contributed by atoms with Crippen molar-refractivity contribution in [2.75, 3.05) is 12.0 Å². The first kappa shape index (κ1) is 10.6. The number of rotatable bonds is 4. The highest BCUT2D eigenvalue weighted by atomic mass is 35.5. The van der Waals surface area contributed by atoms with E-state index in [0.717, 1.165) is 0 Å². The molecule has 2 aromatic rings. The molecule has 0 aromatic carbocycles. The molecule has 0 spiro atoms. The van der Waals surface area contributed by atoms with Crippen LogP contribution in [0.25, 0.3) is 5.65 Å². The zero-order chi connectivity index (χ0) is 11.4. The molecule has 0 aliphatic rings. The molecule has 0 unspecified atom stereocenters. The van der Waals surface area contributed by atoms with Crippen LogP contribution in [0.3, 0.4) is 0 Å². The van der Waals surface area contributed by atoms with Crippen LogP contribution in [0.5, 0.6) is 0 Å². The number of nitrogens with one attached hydrogen (secondary N) is 1. The summed E-state index contributed by atoms with van der Waals surface area (Å²) in [5.41, 5.74) is 3.26. The van der Waals surface area contributed by atoms with Crippen molar-refractivity contribution in [2.24, 2.45) is 5.10 Å². The lowest BCUT2D eigenvalue weighted by Crippen LogP contribution is -1.99. The van der Waals surface area contributed by atoms with Gasteiger partial charge in [-0.2, -0.15) is 4.52 Å². The molecule has 84 valence electrons. The molecule has 2 aromatic heterocycles. The van der Waals surface area contributed by atoms with E-state index in [-0.39, 0.29) is 5.28 Å². The monoisotopic (exact) mass is 240 g/mol. The maximum absolute atomic E-state index is 5.76. The molecule has 0 aliphatic carbocycles. The van der Waals surface area contributed by atoms with Crippen LogP contribution in [0.1, 0.15) is 6.92 Å². The first-order valence-electron chi connectivity index (χ1n) is 4.58. The van der Waals surface area contributed by atoms with Gasteiger partial charge in [0.1, 0.15) is 0 Å². The second-order valence-electron chi connectivity index (χ2n) is 2.76. The van der Waals surface area contributed by atoms with Gasteiger partial charge in [-0.15, -0.1) is 20.4 Å². The van der Waals surface area contributed by atoms with E-state index in [0.29, 0.717) is 18.1 Å². The molecule has 2 heterocycles. The zero-order valence-corrected chi connectivity index (χ0v) is 9.22. The van der Waals surface area contributed by atoms with Gasteiger partial charge in [0.15, 0.2) is 17.9 Å². The second-order valence-corrected chi connectivity index (χ2v) is 3.10. The first-order chi connectivity index (χ1) is 7.81. The van der Waals surface area contributed by atoms with Crippen molar-refractivity contribution < 1.29 is 4.74 Å². The Morgan fingerprint density at radius 3 is 3.25 bits per heavy atom. The van der Waals surface area contributed by atoms with Crippen molar-refractivity contribution in [3.63, 3.8) is 0 Å². The van der Waals surface area contributed by atoms with Crippen LogP contribution in [0.4, 0.5) is 5.82 Å². The van der Waals surface area contributed by atoms with E-state index in [4.69, 9.17) is 16.3 Å². The zero-order valence-electron chi connectivity index (χ0n) is 8.46. The van der Waals surface area contributed by atoms with Gasteiger partial charge in [0.2, 0.25) is 5.28 Å². The van der Waals surface area contributed by atoms with Gasteiger partial charge >= 0.3 is 0 Å². The predicted molar refractivity (Wildman–Crippen MR) is 59.5 cm³/mol. The number of anilines is 1. The quantitative estimate of drug-likeness (QED) is 0.493. The Labute approximate surface area is 96.1 Å². The van der Waals surface area contributed by atoms with Gasteiger partial charge in [0.25, 0.3) is 0 Å². The standard InChI is InChI=1S/C8H9ClN6O/c1-2-16-5-10-11-6-3-4-7-12-13-8(9)15(7)14-6/h3-5H,2H2,1H3,(H,11,14). The van der Waals surface area contributed by atoms with Crippen LogP contribution in [0.15, 0.2) is 17.2 Å². The Hall–Kier alpha value is -1.89. The van der Waals surface area contributed by atoms with Crippen molar-refractivity contribution >= 4 is 29.5 Å². The van der Waals surface area contributed by atoms with Crippen LogP contribution in [-0.4, -0.2) is 32.8 Å². The molecule has 0 saturated carbocycles. The number of hydrogen-bond acceptors (Lipinski definition) is 6. The summed E-state index contributed by atoms with van der Waals surface area (Å²) in [6, 6.07) is 3.44. The predicted octanol–water partition coefficient (Wildman–Crippen LogP) is 1.17. The molecule has 0 radical (unpaired) electrons. The Morgan fingerprint density at radius 2 is 2.44 bits per heavy atom. The lowest BCUT2D eigenvalue weighted by molar-refractivity contribution is 0.343. The topological polar surface area (TPSA) is 76.7 Å². The van der Waals surface area contributed by atoms with Gasteiger partial charge in [-0.25, -0.2) is 0 Å². The van der Waals surface area contributed by atoms with Gasteiger partial charge in [0.05, 0.1) is 6.61 Å². The van der Waals surface area contributed by atoms with Crippen LogP contribution >= 0.6 is 11.6 Å². The summed E-state index contributed by atoms with van der Waals surface area (Å²) in [5, 5.41) is 15.6. The minimum absolute atomic E-state index is 0.201. The molecule has 0 bridgehead atoms. The summed E-state index contributed by atoms with van der Waals surface area (Å²) in [4.78, 5) is 0. The molecule has 2 rings (SSSR count). The lowest BCUT2D eigenvalue weighted by atomic mass is 10.5. The smallest absolute Gasteiger partial charge is 0.246 e. The Kier molecular flexibility index (Phi) is 3.16. The summed E-state index contributed by atoms with van der Waals surface area (Å²) >= 11 is 5.76. The number of hydrazone groups is 1. The minimum atomic E-state index is 0.201. The molecule has 7 nitrogen and oxygen atoms in total. The molecule has 0 atom stereocenters. The van der Waals surface area contributed by atoms with Gasteiger partial charge in [-0.1, -0.05) is 0 Å². The summed E-state index contributed by atoms with van der Waals surface area (Å²) in [6.45, 7) is 2.43. The molecule has 0 fully saturated rings. The average Bonchev–Trinajstić information content (AvgIpc) is 2.67. The van der Waals surface area contributed by atoms with E-state index in [2.05, 4.69) is 25.8 Å². The second kappa shape index (κ2) is 4.75. The maximum Gasteiger partial charge on any atom is 0.246 e. The number of halogens is 1. The summed E-state index contributed by atoms with van der Waals surface area (Å²) in [7, 11) is 0. The third-order valence-corrected chi connectivity index (χ3v) is 1.93. The Bertz CT molecular complexity index is 510. The Balaban J connectivity index is 2.15. The minimum Gasteiger partial charge on any atom is -0.482 e. The third kappa shape index (κ3) is 2.19. The molecule has 1 N–H and O–H groups in total. The molecule has 0 amide bonds. The maximum atomic E-state index is 5.76. The van der Waals surface area contributed by atoms with Crippen LogP contribution < -0.4 is 5.43 Å². The van der Waals surface area contributed by atoms with E-state index in [1.807, 2.05) is 6.92 Å². The Morgan fingerprint density at radius 1 is 1.56 bits per heavy atom. The van der Waals surface area contributed by atoms with Crippen LogP contribution in [-0.2, 0) is 4.74 Å². The molecular formula is C8H9ClN6O. The number of hydrogen-bond donors (Lipinski definition) is 1. The van der Waals surface area contributed by atoms with Crippen molar-refractivity contribution in [3.05, 3.63) is 17.4 Å². The van der Waals surface area contributed by atoms with Gasteiger partial charge in [0, 0.05) is 0 Å². The average molecular weight is 241 g/mol. The number of aromatic nitrogens is 4. The van der Waals surface area contributed by atoms with E-state index in [9.17, 15) is 0 Å². The fourth-order valence-electron chi connectivity index (χ4n) is 1.03. The van der Waals surface area contributed by atoms with Crippen LogP contribution in [0, 0.1) is 0 Å². The van der Waals surface area contributed by atoms with E-state index in [1.54, 1.807) is 12.1 Å². The van der Waals surface area contributed by atoms with Crippen molar-refractivity contribution in [1.29, 1.82) is 0 Å². The number of fused-ring (bicyclic) bond motifs is 1. The molecular weight excluding hydrogens is 232 g/mol.